The molecule has 110 valence electrons. The topological polar surface area (TPSA) is 41.6 Å². The number of carbonyl (C=O) groups excluding carboxylic acids is 1. The third-order valence-corrected chi connectivity index (χ3v) is 3.50. The van der Waals surface area contributed by atoms with E-state index in [2.05, 4.69) is 19.2 Å². The van der Waals surface area contributed by atoms with E-state index in [0.29, 0.717) is 5.56 Å². The van der Waals surface area contributed by atoms with Gasteiger partial charge in [-0.2, -0.15) is 0 Å². The lowest BCUT2D eigenvalue weighted by Crippen LogP contribution is -2.59. The van der Waals surface area contributed by atoms with E-state index in [-0.39, 0.29) is 17.6 Å². The van der Waals surface area contributed by atoms with Gasteiger partial charge in [0.25, 0.3) is 5.91 Å². The summed E-state index contributed by atoms with van der Waals surface area (Å²) in [6.45, 7) is 10.5. The Bertz CT molecular complexity index is 483. The first-order valence-electron chi connectivity index (χ1n) is 7.19. The van der Waals surface area contributed by atoms with E-state index in [9.17, 15) is 4.79 Å². The predicted molar refractivity (Wildman–Crippen MR) is 80.2 cm³/mol. The molecular formula is C16H24N2O2. The summed E-state index contributed by atoms with van der Waals surface area (Å²) in [5, 5.41) is 3.33. The van der Waals surface area contributed by atoms with Crippen molar-refractivity contribution in [2.45, 2.75) is 39.3 Å². The summed E-state index contributed by atoms with van der Waals surface area (Å²) in [5.74, 6) is 0.824. The van der Waals surface area contributed by atoms with E-state index in [0.717, 1.165) is 25.4 Å². The van der Waals surface area contributed by atoms with Gasteiger partial charge in [0.05, 0.1) is 11.6 Å². The number of benzene rings is 1. The Morgan fingerprint density at radius 1 is 1.40 bits per heavy atom. The fourth-order valence-corrected chi connectivity index (χ4v) is 2.49. The summed E-state index contributed by atoms with van der Waals surface area (Å²) < 4.78 is 5.66. The van der Waals surface area contributed by atoms with Crippen LogP contribution in [0.25, 0.3) is 0 Å². The van der Waals surface area contributed by atoms with E-state index in [1.165, 1.54) is 0 Å². The van der Waals surface area contributed by atoms with Crippen molar-refractivity contribution in [3.8, 4) is 5.75 Å². The van der Waals surface area contributed by atoms with Gasteiger partial charge in [-0.15, -0.1) is 0 Å². The number of hydrogen-bond donors (Lipinski definition) is 1. The van der Waals surface area contributed by atoms with Crippen LogP contribution < -0.4 is 10.1 Å². The number of carbonyl (C=O) groups is 1. The molecule has 4 heteroatoms. The van der Waals surface area contributed by atoms with Crippen LogP contribution in [0.4, 0.5) is 0 Å². The molecule has 1 fully saturated rings. The van der Waals surface area contributed by atoms with Crippen LogP contribution in [-0.2, 0) is 0 Å². The second-order valence-electron chi connectivity index (χ2n) is 6.14. The molecule has 4 nitrogen and oxygen atoms in total. The van der Waals surface area contributed by atoms with Crippen molar-refractivity contribution in [1.29, 1.82) is 0 Å². The summed E-state index contributed by atoms with van der Waals surface area (Å²) in [4.78, 5) is 14.6. The molecule has 1 aliphatic heterocycles. The predicted octanol–water partition coefficient (Wildman–Crippen LogP) is 2.30. The second kappa shape index (κ2) is 5.83. The molecule has 0 atom stereocenters. The van der Waals surface area contributed by atoms with Gasteiger partial charge < -0.3 is 15.0 Å². The normalized spacial score (nSPS) is 18.1. The average molecular weight is 276 g/mol. The molecule has 0 spiro atoms. The van der Waals surface area contributed by atoms with Gasteiger partial charge in [-0.25, -0.2) is 0 Å². The van der Waals surface area contributed by atoms with Gasteiger partial charge in [-0.05, 0) is 45.9 Å². The quantitative estimate of drug-likeness (QED) is 0.921. The largest absolute Gasteiger partial charge is 0.491 e. The Kier molecular flexibility index (Phi) is 4.33. The molecule has 0 saturated carbocycles. The Morgan fingerprint density at radius 2 is 2.15 bits per heavy atom. The number of rotatable bonds is 3. The van der Waals surface area contributed by atoms with Gasteiger partial charge >= 0.3 is 0 Å². The highest BCUT2D eigenvalue weighted by Crippen LogP contribution is 2.22. The molecule has 1 aliphatic rings. The number of nitrogens with zero attached hydrogens (tertiary/aromatic N) is 1. The summed E-state index contributed by atoms with van der Waals surface area (Å²) in [5.41, 5.74) is 0.530. The van der Waals surface area contributed by atoms with Crippen LogP contribution in [0.15, 0.2) is 24.3 Å². The maximum Gasteiger partial charge on any atom is 0.254 e. The van der Waals surface area contributed by atoms with Crippen molar-refractivity contribution in [3.05, 3.63) is 29.8 Å². The Hall–Kier alpha value is -1.55. The molecule has 20 heavy (non-hydrogen) atoms. The van der Waals surface area contributed by atoms with Crippen LogP contribution in [-0.4, -0.2) is 42.1 Å². The van der Waals surface area contributed by atoms with Crippen LogP contribution in [0.5, 0.6) is 5.75 Å². The first-order chi connectivity index (χ1) is 9.40. The van der Waals surface area contributed by atoms with E-state index < -0.39 is 0 Å². The lowest BCUT2D eigenvalue weighted by molar-refractivity contribution is 0.0477. The van der Waals surface area contributed by atoms with Crippen molar-refractivity contribution in [2.24, 2.45) is 0 Å². The molecule has 0 aliphatic carbocycles. The zero-order valence-electron chi connectivity index (χ0n) is 12.8. The number of nitrogens with one attached hydrogen (secondary N) is 1. The first kappa shape index (κ1) is 14.9. The van der Waals surface area contributed by atoms with Crippen molar-refractivity contribution < 1.29 is 9.53 Å². The summed E-state index contributed by atoms with van der Waals surface area (Å²) in [7, 11) is 0. The van der Waals surface area contributed by atoms with E-state index in [1.54, 1.807) is 0 Å². The average Bonchev–Trinajstić information content (AvgIpc) is 2.37. The maximum absolute atomic E-state index is 12.7. The van der Waals surface area contributed by atoms with Gasteiger partial charge in [0, 0.05) is 25.2 Å². The molecule has 1 N–H and O–H groups in total. The second-order valence-corrected chi connectivity index (χ2v) is 6.14. The van der Waals surface area contributed by atoms with Crippen LogP contribution in [0, 0.1) is 0 Å². The summed E-state index contributed by atoms with van der Waals surface area (Å²) >= 11 is 0. The highest BCUT2D eigenvalue weighted by atomic mass is 16.5. The lowest BCUT2D eigenvalue weighted by Gasteiger charge is -2.42. The third kappa shape index (κ3) is 3.31. The third-order valence-electron chi connectivity index (χ3n) is 3.50. The molecule has 0 bridgehead atoms. The monoisotopic (exact) mass is 276 g/mol. The minimum absolute atomic E-state index is 0.0747. The molecule has 1 amide bonds. The smallest absolute Gasteiger partial charge is 0.254 e. The molecule has 0 radical (unpaired) electrons. The fraction of sp³-hybridized carbons (Fsp3) is 0.562. The molecule has 1 aromatic rings. The van der Waals surface area contributed by atoms with Gasteiger partial charge in [-0.3, -0.25) is 4.79 Å². The number of hydrogen-bond acceptors (Lipinski definition) is 3. The van der Waals surface area contributed by atoms with Crippen LogP contribution >= 0.6 is 0 Å². The van der Waals surface area contributed by atoms with Gasteiger partial charge in [-0.1, -0.05) is 6.07 Å². The number of ether oxygens (including phenoxy) is 1. The van der Waals surface area contributed by atoms with Crippen molar-refractivity contribution in [2.75, 3.05) is 19.6 Å². The molecule has 0 aromatic heterocycles. The summed E-state index contributed by atoms with van der Waals surface area (Å²) in [6, 6.07) is 7.45. The zero-order chi connectivity index (χ0) is 14.8. The van der Waals surface area contributed by atoms with E-state index >= 15 is 0 Å². The molecular weight excluding hydrogens is 252 g/mol. The minimum Gasteiger partial charge on any atom is -0.491 e. The van der Waals surface area contributed by atoms with Crippen LogP contribution in [0.1, 0.15) is 38.1 Å². The van der Waals surface area contributed by atoms with Crippen molar-refractivity contribution >= 4 is 5.91 Å². The Labute approximate surface area is 121 Å². The van der Waals surface area contributed by atoms with Crippen molar-refractivity contribution in [3.63, 3.8) is 0 Å². The molecule has 1 aromatic carbocycles. The molecule has 1 saturated heterocycles. The molecule has 2 rings (SSSR count). The standard InChI is InChI=1S/C16H24N2O2/c1-12(2)20-14-7-5-6-13(10-14)15(19)18-9-8-17-11-16(18,3)4/h5-7,10,12,17H,8-9,11H2,1-4H3. The lowest BCUT2D eigenvalue weighted by atomic mass is 9.98. The van der Waals surface area contributed by atoms with Gasteiger partial charge in [0.2, 0.25) is 0 Å². The Morgan fingerprint density at radius 3 is 2.80 bits per heavy atom. The first-order valence-corrected chi connectivity index (χ1v) is 7.19. The van der Waals surface area contributed by atoms with E-state index in [4.69, 9.17) is 4.74 Å². The highest BCUT2D eigenvalue weighted by molar-refractivity contribution is 5.95. The minimum atomic E-state index is -0.162. The Balaban J connectivity index is 2.20. The number of amides is 1. The number of piperazine rings is 1. The maximum atomic E-state index is 12.7. The van der Waals surface area contributed by atoms with Crippen molar-refractivity contribution in [1.82, 2.24) is 10.2 Å². The molecule has 0 unspecified atom stereocenters. The SMILES string of the molecule is CC(C)Oc1cccc(C(=O)N2CCNCC2(C)C)c1. The van der Waals surface area contributed by atoms with Crippen LogP contribution in [0.2, 0.25) is 0 Å². The zero-order valence-corrected chi connectivity index (χ0v) is 12.8. The van der Waals surface area contributed by atoms with Crippen LogP contribution in [0.3, 0.4) is 0 Å². The summed E-state index contributed by atoms with van der Waals surface area (Å²) in [6.07, 6.45) is 0.107. The van der Waals surface area contributed by atoms with Gasteiger partial charge in [0.1, 0.15) is 5.75 Å². The molecule has 1 heterocycles. The van der Waals surface area contributed by atoms with Gasteiger partial charge in [0.15, 0.2) is 0 Å². The van der Waals surface area contributed by atoms with E-state index in [1.807, 2.05) is 43.0 Å². The fourth-order valence-electron chi connectivity index (χ4n) is 2.49. The highest BCUT2D eigenvalue weighted by Gasteiger charge is 2.33.